The maximum Gasteiger partial charge on any atom is 0.315 e. The van der Waals surface area contributed by atoms with E-state index in [0.29, 0.717) is 12.5 Å². The van der Waals surface area contributed by atoms with Gasteiger partial charge in [0.05, 0.1) is 17.1 Å². The first-order chi connectivity index (χ1) is 17.0. The van der Waals surface area contributed by atoms with Crippen LogP contribution in [0.1, 0.15) is 63.9 Å². The highest BCUT2D eigenvalue weighted by Crippen LogP contribution is 2.39. The number of carbonyl (C=O) groups is 1. The minimum atomic E-state index is -1.77. The number of hydrogen-bond acceptors (Lipinski definition) is 3. The van der Waals surface area contributed by atoms with Gasteiger partial charge in [0.15, 0.2) is 8.32 Å². The number of imidazole rings is 1. The van der Waals surface area contributed by atoms with Crippen LogP contribution < -0.4 is 10.6 Å². The van der Waals surface area contributed by atoms with E-state index in [1.807, 2.05) is 36.4 Å². The van der Waals surface area contributed by atoms with Crippen LogP contribution in [0.3, 0.4) is 0 Å². The molecule has 0 aliphatic heterocycles. The molecule has 4 rings (SSSR count). The van der Waals surface area contributed by atoms with Gasteiger partial charge in [-0.25, -0.2) is 9.78 Å². The fourth-order valence-electron chi connectivity index (χ4n) is 4.51. The highest BCUT2D eigenvalue weighted by Gasteiger charge is 2.40. The lowest BCUT2D eigenvalue weighted by atomic mass is 9.93. The van der Waals surface area contributed by atoms with Gasteiger partial charge < -0.3 is 20.0 Å². The molecule has 0 radical (unpaired) electrons. The lowest BCUT2D eigenvalue weighted by molar-refractivity contribution is 0.125. The molecule has 6 nitrogen and oxygen atoms in total. The van der Waals surface area contributed by atoms with Gasteiger partial charge in [0, 0.05) is 16.6 Å². The molecule has 3 aromatic rings. The zero-order valence-corrected chi connectivity index (χ0v) is 24.6. The summed E-state index contributed by atoms with van der Waals surface area (Å²) in [6.07, 6.45) is 4.80. The largest absolute Gasteiger partial charge is 0.414 e. The molecule has 8 heteroatoms. The Labute approximate surface area is 224 Å². The number of nitrogens with zero attached hydrogens (tertiary/aromatic N) is 1. The Bertz CT molecular complexity index is 1130. The maximum atomic E-state index is 13.1. The minimum Gasteiger partial charge on any atom is -0.414 e. The standard InChI is InChI=1S/C28H39BrN4O2Si/c1-28(2,3)36(4,5)35-22-16-14-21(15-17-22)30-27(34)33-25(18-19-10-12-20(29)13-11-19)26-31-23-8-6-7-9-24(23)32-26/h6-13,21-22,25H,14-18H2,1-5H3,(H,31,32)(H2,30,33,34)/t21-,22-,25-/m1/s1. The summed E-state index contributed by atoms with van der Waals surface area (Å²) in [5.41, 5.74) is 3.00. The lowest BCUT2D eigenvalue weighted by Gasteiger charge is -2.41. The monoisotopic (exact) mass is 570 g/mol. The van der Waals surface area contributed by atoms with Crippen molar-refractivity contribution in [2.45, 2.75) is 89.2 Å². The summed E-state index contributed by atoms with van der Waals surface area (Å²) in [6.45, 7) is 11.5. The van der Waals surface area contributed by atoms with Gasteiger partial charge in [-0.3, -0.25) is 0 Å². The maximum absolute atomic E-state index is 13.1. The molecule has 1 atom stereocenters. The number of hydrogen-bond donors (Lipinski definition) is 3. The van der Waals surface area contributed by atoms with Gasteiger partial charge in [-0.1, -0.05) is 61.0 Å². The van der Waals surface area contributed by atoms with Gasteiger partial charge >= 0.3 is 6.03 Å². The van der Waals surface area contributed by atoms with E-state index in [4.69, 9.17) is 9.41 Å². The summed E-state index contributed by atoms with van der Waals surface area (Å²) in [5, 5.41) is 6.62. The van der Waals surface area contributed by atoms with Crippen molar-refractivity contribution in [1.82, 2.24) is 20.6 Å². The molecule has 1 aliphatic carbocycles. The molecule has 1 aliphatic rings. The second-order valence-corrected chi connectivity index (χ2v) is 17.2. The second-order valence-electron chi connectivity index (χ2n) is 11.5. The van der Waals surface area contributed by atoms with Crippen LogP contribution in [-0.2, 0) is 10.8 Å². The van der Waals surface area contributed by atoms with Gasteiger partial charge in [-0.2, -0.15) is 0 Å². The Kier molecular flexibility index (Phi) is 8.27. The highest BCUT2D eigenvalue weighted by atomic mass is 79.9. The third-order valence-electron chi connectivity index (χ3n) is 7.67. The smallest absolute Gasteiger partial charge is 0.315 e. The molecule has 36 heavy (non-hydrogen) atoms. The zero-order valence-electron chi connectivity index (χ0n) is 22.0. The van der Waals surface area contributed by atoms with Crippen LogP contribution in [0.2, 0.25) is 18.1 Å². The number of para-hydroxylation sites is 2. The number of aromatic nitrogens is 2. The molecular formula is C28H39BrN4O2Si. The van der Waals surface area contributed by atoms with Crippen molar-refractivity contribution in [2.24, 2.45) is 0 Å². The summed E-state index contributed by atoms with van der Waals surface area (Å²) in [7, 11) is -1.77. The first-order valence-electron chi connectivity index (χ1n) is 12.9. The molecular weight excluding hydrogens is 532 g/mol. The van der Waals surface area contributed by atoms with Crippen molar-refractivity contribution in [1.29, 1.82) is 0 Å². The first-order valence-corrected chi connectivity index (χ1v) is 16.6. The molecule has 194 valence electrons. The van der Waals surface area contributed by atoms with Crippen LogP contribution in [0.15, 0.2) is 53.0 Å². The van der Waals surface area contributed by atoms with Gasteiger partial charge in [0.1, 0.15) is 5.82 Å². The minimum absolute atomic E-state index is 0.147. The highest BCUT2D eigenvalue weighted by molar-refractivity contribution is 9.10. The number of benzene rings is 2. The molecule has 2 aromatic carbocycles. The average Bonchev–Trinajstić information content (AvgIpc) is 3.25. The molecule has 0 bridgehead atoms. The second kappa shape index (κ2) is 11.1. The van der Waals surface area contributed by atoms with Crippen molar-refractivity contribution < 1.29 is 9.22 Å². The zero-order chi connectivity index (χ0) is 25.9. The summed E-state index contributed by atoms with van der Waals surface area (Å²) < 4.78 is 7.65. The Morgan fingerprint density at radius 3 is 2.42 bits per heavy atom. The average molecular weight is 572 g/mol. The van der Waals surface area contributed by atoms with Crippen LogP contribution in [0, 0.1) is 0 Å². The quantitative estimate of drug-likeness (QED) is 0.262. The third-order valence-corrected chi connectivity index (χ3v) is 12.7. The van der Waals surface area contributed by atoms with E-state index in [1.165, 1.54) is 0 Å². The Morgan fingerprint density at radius 1 is 1.11 bits per heavy atom. The number of rotatable bonds is 7. The fourth-order valence-corrected chi connectivity index (χ4v) is 6.20. The number of nitrogens with one attached hydrogen (secondary N) is 3. The number of carbonyl (C=O) groups excluding carboxylic acids is 1. The van der Waals surface area contributed by atoms with E-state index in [-0.39, 0.29) is 23.2 Å². The summed E-state index contributed by atoms with van der Waals surface area (Å²) in [4.78, 5) is 21.3. The van der Waals surface area contributed by atoms with Gasteiger partial charge in [0.25, 0.3) is 0 Å². The van der Waals surface area contributed by atoms with Crippen molar-refractivity contribution in [3.05, 3.63) is 64.4 Å². The van der Waals surface area contributed by atoms with Crippen molar-refractivity contribution in [2.75, 3.05) is 0 Å². The number of fused-ring (bicyclic) bond motifs is 1. The Morgan fingerprint density at radius 2 is 1.78 bits per heavy atom. The van der Waals surface area contributed by atoms with E-state index in [2.05, 4.69) is 77.5 Å². The van der Waals surface area contributed by atoms with E-state index in [1.54, 1.807) is 0 Å². The SMILES string of the molecule is CC(C)(C)[Si](C)(C)O[C@H]1CC[C@H](NC(=O)N[C@H](Cc2ccc(Br)cc2)c2nc3ccccc3[nH]2)CC1. The van der Waals surface area contributed by atoms with Crippen molar-refractivity contribution >= 4 is 41.3 Å². The van der Waals surface area contributed by atoms with Crippen LogP contribution in [0.5, 0.6) is 0 Å². The Balaban J connectivity index is 1.38. The molecule has 0 unspecified atom stereocenters. The van der Waals surface area contributed by atoms with E-state index < -0.39 is 8.32 Å². The van der Waals surface area contributed by atoms with Gasteiger partial charge in [-0.15, -0.1) is 0 Å². The van der Waals surface area contributed by atoms with Gasteiger partial charge in [-0.05, 0) is 80.1 Å². The topological polar surface area (TPSA) is 79.0 Å². The third kappa shape index (κ3) is 6.78. The molecule has 0 spiro atoms. The molecule has 1 aromatic heterocycles. The molecule has 3 N–H and O–H groups in total. The normalized spacial score (nSPS) is 19.7. The summed E-state index contributed by atoms with van der Waals surface area (Å²) >= 11 is 3.50. The number of H-pyrrole nitrogens is 1. The molecule has 2 amide bonds. The number of halogens is 1. The van der Waals surface area contributed by atoms with E-state index in [9.17, 15) is 4.79 Å². The van der Waals surface area contributed by atoms with Crippen LogP contribution in [0.25, 0.3) is 11.0 Å². The summed E-state index contributed by atoms with van der Waals surface area (Å²) in [6, 6.07) is 15.9. The molecule has 1 saturated carbocycles. The van der Waals surface area contributed by atoms with Crippen LogP contribution in [-0.4, -0.2) is 36.5 Å². The number of amides is 2. The van der Waals surface area contributed by atoms with Gasteiger partial charge in [0.2, 0.25) is 0 Å². The predicted octanol–water partition coefficient (Wildman–Crippen LogP) is 7.24. The fraction of sp³-hybridized carbons (Fsp3) is 0.500. The van der Waals surface area contributed by atoms with E-state index >= 15 is 0 Å². The lowest BCUT2D eigenvalue weighted by Crippen LogP contribution is -2.48. The van der Waals surface area contributed by atoms with Crippen molar-refractivity contribution in [3.63, 3.8) is 0 Å². The van der Waals surface area contributed by atoms with Crippen LogP contribution in [0.4, 0.5) is 4.79 Å². The summed E-state index contributed by atoms with van der Waals surface area (Å²) in [5.74, 6) is 0.765. The predicted molar refractivity (Wildman–Crippen MR) is 153 cm³/mol. The Hall–Kier alpha value is -2.16. The molecule has 0 saturated heterocycles. The number of aromatic amines is 1. The number of urea groups is 1. The van der Waals surface area contributed by atoms with E-state index in [0.717, 1.165) is 52.6 Å². The first kappa shape index (κ1) is 26.9. The van der Waals surface area contributed by atoms with Crippen LogP contribution >= 0.6 is 15.9 Å². The molecule has 1 heterocycles. The van der Waals surface area contributed by atoms with Crippen molar-refractivity contribution in [3.8, 4) is 0 Å². The molecule has 1 fully saturated rings.